The van der Waals surface area contributed by atoms with Crippen LogP contribution in [0.4, 0.5) is 0 Å². The molecule has 0 bridgehead atoms. The number of carbonyl (C=O) groups excluding carboxylic acids is 3. The summed E-state index contributed by atoms with van der Waals surface area (Å²) in [6, 6.07) is 16.3. The lowest BCUT2D eigenvalue weighted by Crippen LogP contribution is -2.54. The third-order valence-electron chi connectivity index (χ3n) is 6.89. The van der Waals surface area contributed by atoms with E-state index >= 15 is 0 Å². The lowest BCUT2D eigenvalue weighted by Gasteiger charge is -2.21. The summed E-state index contributed by atoms with van der Waals surface area (Å²) in [5.74, 6) is -3.14. The van der Waals surface area contributed by atoms with E-state index in [4.69, 9.17) is 5.73 Å². The standard InChI is InChI=1S/C31H33N5O7/c32-24(13-18-5-9-21(37)10-6-18)29(40)36-26(15-20-16-33-25-4-2-1-3-23(20)25)30(41)34-17-28(39)35-27(31(42)43)14-19-7-11-22(38)12-8-19/h1-12,16,24,26-27,33,37-38H,13-15,17,32H2,(H,34,41)(H,35,39)(H,36,40)(H,42,43). The van der Waals surface area contributed by atoms with Gasteiger partial charge in [0.05, 0.1) is 12.6 Å². The fourth-order valence-corrected chi connectivity index (χ4v) is 4.59. The lowest BCUT2D eigenvalue weighted by molar-refractivity contribution is -0.141. The zero-order chi connectivity index (χ0) is 30.9. The van der Waals surface area contributed by atoms with Crippen LogP contribution in [0.1, 0.15) is 16.7 Å². The van der Waals surface area contributed by atoms with Gasteiger partial charge in [-0.15, -0.1) is 0 Å². The zero-order valence-corrected chi connectivity index (χ0v) is 23.1. The number of carboxylic acid groups (broad SMARTS) is 1. The maximum absolute atomic E-state index is 13.3. The number of hydrogen-bond acceptors (Lipinski definition) is 7. The number of H-pyrrole nitrogens is 1. The molecule has 0 saturated carbocycles. The monoisotopic (exact) mass is 587 g/mol. The minimum atomic E-state index is -1.27. The Kier molecular flexibility index (Phi) is 9.97. The second-order valence-electron chi connectivity index (χ2n) is 10.1. The number of para-hydroxylation sites is 1. The summed E-state index contributed by atoms with van der Waals surface area (Å²) in [4.78, 5) is 53.8. The quantitative estimate of drug-likeness (QED) is 0.113. The van der Waals surface area contributed by atoms with Crippen LogP contribution in [0.15, 0.2) is 79.0 Å². The summed E-state index contributed by atoms with van der Waals surface area (Å²) in [5, 5.41) is 36.9. The van der Waals surface area contributed by atoms with Gasteiger partial charge < -0.3 is 42.0 Å². The SMILES string of the molecule is NC(Cc1ccc(O)cc1)C(=O)NC(Cc1c[nH]c2ccccc12)C(=O)NCC(=O)NC(Cc1ccc(O)cc1)C(=O)O. The first-order chi connectivity index (χ1) is 20.6. The van der Waals surface area contributed by atoms with Gasteiger partial charge in [-0.2, -0.15) is 0 Å². The van der Waals surface area contributed by atoms with Crippen LogP contribution in [0.5, 0.6) is 11.5 Å². The molecule has 3 unspecified atom stereocenters. The van der Waals surface area contributed by atoms with Crippen LogP contribution in [0.3, 0.4) is 0 Å². The van der Waals surface area contributed by atoms with Crippen molar-refractivity contribution >= 4 is 34.6 Å². The van der Waals surface area contributed by atoms with E-state index in [1.807, 2.05) is 24.3 Å². The number of hydrogen-bond donors (Lipinski definition) is 8. The second kappa shape index (κ2) is 14.0. The first-order valence-electron chi connectivity index (χ1n) is 13.6. The van der Waals surface area contributed by atoms with E-state index < -0.39 is 48.4 Å². The third-order valence-corrected chi connectivity index (χ3v) is 6.89. The van der Waals surface area contributed by atoms with Crippen molar-refractivity contribution in [3.05, 3.63) is 95.7 Å². The summed E-state index contributed by atoms with van der Waals surface area (Å²) < 4.78 is 0. The molecule has 12 heteroatoms. The number of fused-ring (bicyclic) bond motifs is 1. The average Bonchev–Trinajstić information content (AvgIpc) is 3.40. The molecule has 3 atom stereocenters. The normalized spacial score (nSPS) is 13.0. The molecule has 0 spiro atoms. The minimum Gasteiger partial charge on any atom is -0.508 e. The molecule has 4 rings (SSSR count). The van der Waals surface area contributed by atoms with Crippen molar-refractivity contribution in [3.8, 4) is 11.5 Å². The highest BCUT2D eigenvalue weighted by molar-refractivity contribution is 5.93. The fraction of sp³-hybridized carbons (Fsp3) is 0.226. The van der Waals surface area contributed by atoms with Crippen molar-refractivity contribution < 1.29 is 34.5 Å². The Balaban J connectivity index is 1.42. The second-order valence-corrected chi connectivity index (χ2v) is 10.1. The van der Waals surface area contributed by atoms with E-state index in [2.05, 4.69) is 20.9 Å². The molecule has 0 radical (unpaired) electrons. The minimum absolute atomic E-state index is 0.0259. The lowest BCUT2D eigenvalue weighted by atomic mass is 10.0. The van der Waals surface area contributed by atoms with E-state index in [-0.39, 0.29) is 30.8 Å². The van der Waals surface area contributed by atoms with Crippen LogP contribution < -0.4 is 21.7 Å². The van der Waals surface area contributed by atoms with Gasteiger partial charge in [-0.25, -0.2) is 4.79 Å². The first-order valence-corrected chi connectivity index (χ1v) is 13.6. The van der Waals surface area contributed by atoms with Gasteiger partial charge in [-0.1, -0.05) is 42.5 Å². The van der Waals surface area contributed by atoms with E-state index in [9.17, 15) is 34.5 Å². The predicted molar refractivity (Wildman–Crippen MR) is 158 cm³/mol. The Morgan fingerprint density at radius 1 is 0.744 bits per heavy atom. The van der Waals surface area contributed by atoms with Crippen LogP contribution in [-0.2, 0) is 38.4 Å². The highest BCUT2D eigenvalue weighted by Crippen LogP contribution is 2.19. The number of phenolic OH excluding ortho intramolecular Hbond substituents is 2. The van der Waals surface area contributed by atoms with Gasteiger partial charge in [0.25, 0.3) is 0 Å². The molecular weight excluding hydrogens is 554 g/mol. The van der Waals surface area contributed by atoms with Crippen molar-refractivity contribution in [3.63, 3.8) is 0 Å². The molecule has 0 aliphatic carbocycles. The number of nitrogens with two attached hydrogens (primary N) is 1. The molecule has 0 aliphatic rings. The largest absolute Gasteiger partial charge is 0.508 e. The van der Waals surface area contributed by atoms with E-state index in [1.165, 1.54) is 24.3 Å². The Hall–Kier alpha value is -5.36. The number of aromatic nitrogens is 1. The van der Waals surface area contributed by atoms with Crippen LogP contribution in [0, 0.1) is 0 Å². The van der Waals surface area contributed by atoms with Crippen LogP contribution in [0.25, 0.3) is 10.9 Å². The Labute approximate surface area is 246 Å². The van der Waals surface area contributed by atoms with Crippen molar-refractivity contribution in [2.24, 2.45) is 5.73 Å². The van der Waals surface area contributed by atoms with Gasteiger partial charge in [-0.3, -0.25) is 14.4 Å². The number of benzene rings is 3. The number of aliphatic carboxylic acids is 1. The Morgan fingerprint density at radius 3 is 1.98 bits per heavy atom. The number of aromatic hydroxyl groups is 2. The van der Waals surface area contributed by atoms with E-state index in [1.54, 1.807) is 30.5 Å². The molecule has 4 aromatic rings. The van der Waals surface area contributed by atoms with Crippen molar-refractivity contribution in [1.29, 1.82) is 0 Å². The molecule has 3 aromatic carbocycles. The van der Waals surface area contributed by atoms with Gasteiger partial charge in [-0.05, 0) is 53.4 Å². The predicted octanol–water partition coefficient (Wildman–Crippen LogP) is 1.10. The number of phenols is 2. The van der Waals surface area contributed by atoms with Crippen LogP contribution >= 0.6 is 0 Å². The van der Waals surface area contributed by atoms with Crippen LogP contribution in [0.2, 0.25) is 0 Å². The number of carbonyl (C=O) groups is 4. The maximum atomic E-state index is 13.3. The number of rotatable bonds is 13. The maximum Gasteiger partial charge on any atom is 0.326 e. The highest BCUT2D eigenvalue weighted by atomic mass is 16.4. The summed E-state index contributed by atoms with van der Waals surface area (Å²) >= 11 is 0. The van der Waals surface area contributed by atoms with Gasteiger partial charge >= 0.3 is 5.97 Å². The Morgan fingerprint density at radius 2 is 1.35 bits per heavy atom. The van der Waals surface area contributed by atoms with Gasteiger partial charge in [0.1, 0.15) is 23.6 Å². The average molecular weight is 588 g/mol. The van der Waals surface area contributed by atoms with Gasteiger partial charge in [0, 0.05) is 29.9 Å². The Bertz CT molecular complexity index is 1580. The number of carboxylic acids is 1. The van der Waals surface area contributed by atoms with Crippen LogP contribution in [-0.4, -0.2) is 68.7 Å². The van der Waals surface area contributed by atoms with Crippen molar-refractivity contribution in [1.82, 2.24) is 20.9 Å². The molecule has 3 amide bonds. The van der Waals surface area contributed by atoms with Crippen molar-refractivity contribution in [2.45, 2.75) is 37.4 Å². The molecule has 0 aliphatic heterocycles. The topological polar surface area (TPSA) is 207 Å². The van der Waals surface area contributed by atoms with Gasteiger partial charge in [0.2, 0.25) is 17.7 Å². The summed E-state index contributed by atoms with van der Waals surface area (Å²) in [6.07, 6.45) is 1.95. The summed E-state index contributed by atoms with van der Waals surface area (Å²) in [7, 11) is 0. The molecule has 0 fully saturated rings. The highest BCUT2D eigenvalue weighted by Gasteiger charge is 2.27. The molecule has 1 heterocycles. The van der Waals surface area contributed by atoms with E-state index in [0.717, 1.165) is 22.0 Å². The molecule has 9 N–H and O–H groups in total. The molecule has 12 nitrogen and oxygen atoms in total. The summed E-state index contributed by atoms with van der Waals surface area (Å²) in [6.45, 7) is -0.530. The number of nitrogens with one attached hydrogen (secondary N) is 4. The van der Waals surface area contributed by atoms with Gasteiger partial charge in [0.15, 0.2) is 0 Å². The third kappa shape index (κ3) is 8.57. The molecule has 1 aromatic heterocycles. The van der Waals surface area contributed by atoms with E-state index in [0.29, 0.717) is 5.56 Å². The van der Waals surface area contributed by atoms with Crippen molar-refractivity contribution in [2.75, 3.05) is 6.54 Å². The smallest absolute Gasteiger partial charge is 0.326 e. The molecular formula is C31H33N5O7. The fourth-order valence-electron chi connectivity index (χ4n) is 4.59. The molecule has 224 valence electrons. The summed E-state index contributed by atoms with van der Waals surface area (Å²) in [5.41, 5.74) is 9.04. The number of aromatic amines is 1. The number of amides is 3. The first kappa shape index (κ1) is 30.6. The zero-order valence-electron chi connectivity index (χ0n) is 23.1. The molecule has 43 heavy (non-hydrogen) atoms. The molecule has 0 saturated heterocycles.